The van der Waals surface area contributed by atoms with Crippen molar-refractivity contribution < 1.29 is 4.79 Å². The fraction of sp³-hybridized carbons (Fsp3) is 0.933. The van der Waals surface area contributed by atoms with E-state index in [-0.39, 0.29) is 0 Å². The normalized spacial score (nSPS) is 34.2. The van der Waals surface area contributed by atoms with Crippen LogP contribution in [0.5, 0.6) is 0 Å². The van der Waals surface area contributed by atoms with Gasteiger partial charge in [0.15, 0.2) is 0 Å². The Labute approximate surface area is 122 Å². The minimum Gasteiger partial charge on any atom is -0.317 e. The van der Waals surface area contributed by atoms with Crippen LogP contribution in [0.3, 0.4) is 0 Å². The van der Waals surface area contributed by atoms with Crippen LogP contribution in [0.4, 0.5) is 0 Å². The smallest absolute Gasteiger partial charge is 0.221 e. The molecule has 0 aromatic carbocycles. The van der Waals surface area contributed by atoms with Crippen molar-refractivity contribution in [3.8, 4) is 0 Å². The quantitative estimate of drug-likeness (QED) is 0.740. The molecule has 3 aliphatic rings. The van der Waals surface area contributed by atoms with E-state index in [0.717, 1.165) is 32.0 Å². The van der Waals surface area contributed by atoms with Crippen molar-refractivity contribution in [1.29, 1.82) is 0 Å². The molecule has 3 rings (SSSR count). The fourth-order valence-corrected chi connectivity index (χ4v) is 4.42. The average Bonchev–Trinajstić information content (AvgIpc) is 2.93. The fourth-order valence-electron chi connectivity index (χ4n) is 4.42. The van der Waals surface area contributed by atoms with E-state index in [1.807, 2.05) is 0 Å². The summed E-state index contributed by atoms with van der Waals surface area (Å²) in [5.74, 6) is 0.720. The molecule has 0 aliphatic carbocycles. The lowest BCUT2D eigenvalue weighted by atomic mass is 9.85. The monoisotopic (exact) mass is 280 g/mol. The van der Waals surface area contributed by atoms with Gasteiger partial charge in [-0.05, 0) is 64.2 Å². The summed E-state index contributed by atoms with van der Waals surface area (Å²) in [6.45, 7) is 5.77. The average molecular weight is 280 g/mol. The van der Waals surface area contributed by atoms with Crippen LogP contribution in [-0.4, -0.2) is 61.1 Å². The van der Waals surface area contributed by atoms with Gasteiger partial charge in [0.25, 0.3) is 0 Å². The predicted octanol–water partition coefficient (Wildman–Crippen LogP) is 0.576. The molecular weight excluding hydrogens is 252 g/mol. The SMILES string of the molecule is O=CNN1CCC(N2CCCCC2)C1C1CCNCC1. The second-order valence-corrected chi connectivity index (χ2v) is 6.47. The molecule has 1 amide bonds. The molecule has 3 heterocycles. The predicted molar refractivity (Wildman–Crippen MR) is 79.1 cm³/mol. The van der Waals surface area contributed by atoms with E-state index >= 15 is 0 Å². The molecule has 2 atom stereocenters. The van der Waals surface area contributed by atoms with E-state index < -0.39 is 0 Å². The molecule has 0 aromatic rings. The van der Waals surface area contributed by atoms with Crippen molar-refractivity contribution in [2.75, 3.05) is 32.7 Å². The molecule has 0 spiro atoms. The molecule has 114 valence electrons. The lowest BCUT2D eigenvalue weighted by Crippen LogP contribution is -2.55. The zero-order valence-electron chi connectivity index (χ0n) is 12.4. The van der Waals surface area contributed by atoms with Crippen LogP contribution in [-0.2, 0) is 4.79 Å². The second-order valence-electron chi connectivity index (χ2n) is 6.47. The van der Waals surface area contributed by atoms with Gasteiger partial charge in [-0.2, -0.15) is 0 Å². The first-order valence-corrected chi connectivity index (χ1v) is 8.31. The molecule has 3 saturated heterocycles. The van der Waals surface area contributed by atoms with Crippen molar-refractivity contribution in [3.05, 3.63) is 0 Å². The highest BCUT2D eigenvalue weighted by molar-refractivity contribution is 5.45. The maximum absolute atomic E-state index is 10.9. The van der Waals surface area contributed by atoms with Crippen LogP contribution in [0.1, 0.15) is 38.5 Å². The highest BCUT2D eigenvalue weighted by atomic mass is 16.1. The van der Waals surface area contributed by atoms with Gasteiger partial charge in [-0.15, -0.1) is 0 Å². The lowest BCUT2D eigenvalue weighted by molar-refractivity contribution is -0.115. The molecular formula is C15H28N4O. The standard InChI is InChI=1S/C15H28N4O/c20-12-17-19-11-6-14(18-9-2-1-3-10-18)15(19)13-4-7-16-8-5-13/h12-16H,1-11H2,(H,17,20). The Morgan fingerprint density at radius 2 is 1.75 bits per heavy atom. The largest absolute Gasteiger partial charge is 0.317 e. The number of likely N-dealkylation sites (tertiary alicyclic amines) is 1. The lowest BCUT2D eigenvalue weighted by Gasteiger charge is -2.42. The van der Waals surface area contributed by atoms with E-state index in [4.69, 9.17) is 0 Å². The maximum atomic E-state index is 10.9. The summed E-state index contributed by atoms with van der Waals surface area (Å²) < 4.78 is 0. The minimum atomic E-state index is 0.514. The molecule has 3 aliphatic heterocycles. The Morgan fingerprint density at radius 3 is 2.45 bits per heavy atom. The Kier molecular flexibility index (Phi) is 4.91. The number of amides is 1. The first-order valence-electron chi connectivity index (χ1n) is 8.31. The first-order chi connectivity index (χ1) is 9.90. The third-order valence-electron chi connectivity index (χ3n) is 5.36. The Hall–Kier alpha value is -0.650. The van der Waals surface area contributed by atoms with E-state index in [1.165, 1.54) is 51.6 Å². The van der Waals surface area contributed by atoms with E-state index in [1.54, 1.807) is 0 Å². The summed E-state index contributed by atoms with van der Waals surface area (Å²) in [4.78, 5) is 13.6. The first kappa shape index (κ1) is 14.3. The van der Waals surface area contributed by atoms with Gasteiger partial charge in [-0.25, -0.2) is 5.01 Å². The number of hydrazine groups is 1. The summed E-state index contributed by atoms with van der Waals surface area (Å²) >= 11 is 0. The van der Waals surface area contributed by atoms with Crippen molar-refractivity contribution in [2.45, 2.75) is 50.6 Å². The van der Waals surface area contributed by atoms with Crippen LogP contribution in [0.25, 0.3) is 0 Å². The summed E-state index contributed by atoms with van der Waals surface area (Å²) in [7, 11) is 0. The molecule has 5 heteroatoms. The van der Waals surface area contributed by atoms with Gasteiger partial charge in [0, 0.05) is 18.6 Å². The van der Waals surface area contributed by atoms with E-state index in [0.29, 0.717) is 12.1 Å². The summed E-state index contributed by atoms with van der Waals surface area (Å²) in [5.41, 5.74) is 2.97. The summed E-state index contributed by atoms with van der Waals surface area (Å²) in [5, 5.41) is 5.68. The third-order valence-corrected chi connectivity index (χ3v) is 5.36. The Bertz CT molecular complexity index is 313. The molecule has 2 N–H and O–H groups in total. The van der Waals surface area contributed by atoms with Crippen LogP contribution >= 0.6 is 0 Å². The Balaban J connectivity index is 1.71. The number of carbonyl (C=O) groups excluding carboxylic acids is 1. The van der Waals surface area contributed by atoms with Gasteiger partial charge < -0.3 is 5.32 Å². The molecule has 2 unspecified atom stereocenters. The van der Waals surface area contributed by atoms with Gasteiger partial charge in [0.2, 0.25) is 6.41 Å². The van der Waals surface area contributed by atoms with Crippen molar-refractivity contribution in [2.24, 2.45) is 5.92 Å². The topological polar surface area (TPSA) is 47.6 Å². The zero-order chi connectivity index (χ0) is 13.8. The van der Waals surface area contributed by atoms with E-state index in [9.17, 15) is 4.79 Å². The third kappa shape index (κ3) is 3.00. The van der Waals surface area contributed by atoms with Gasteiger partial charge in [-0.3, -0.25) is 15.1 Å². The number of hydrogen-bond donors (Lipinski definition) is 2. The van der Waals surface area contributed by atoms with Gasteiger partial charge in [0.05, 0.1) is 0 Å². The van der Waals surface area contributed by atoms with E-state index in [2.05, 4.69) is 20.7 Å². The van der Waals surface area contributed by atoms with Crippen LogP contribution in [0.2, 0.25) is 0 Å². The van der Waals surface area contributed by atoms with Gasteiger partial charge in [-0.1, -0.05) is 6.42 Å². The molecule has 0 bridgehead atoms. The molecule has 3 fully saturated rings. The number of nitrogens with one attached hydrogen (secondary N) is 2. The van der Waals surface area contributed by atoms with Gasteiger partial charge >= 0.3 is 0 Å². The van der Waals surface area contributed by atoms with Crippen molar-refractivity contribution >= 4 is 6.41 Å². The number of nitrogens with zero attached hydrogens (tertiary/aromatic N) is 2. The number of hydrogen-bond acceptors (Lipinski definition) is 4. The van der Waals surface area contributed by atoms with Gasteiger partial charge in [0.1, 0.15) is 0 Å². The molecule has 0 saturated carbocycles. The molecule has 5 nitrogen and oxygen atoms in total. The van der Waals surface area contributed by atoms with Crippen LogP contribution in [0.15, 0.2) is 0 Å². The number of piperidine rings is 2. The second kappa shape index (κ2) is 6.87. The molecule has 0 radical (unpaired) electrons. The number of rotatable bonds is 4. The summed E-state index contributed by atoms with van der Waals surface area (Å²) in [6, 6.07) is 1.16. The minimum absolute atomic E-state index is 0.514. The van der Waals surface area contributed by atoms with Crippen molar-refractivity contribution in [3.63, 3.8) is 0 Å². The number of carbonyl (C=O) groups is 1. The zero-order valence-corrected chi connectivity index (χ0v) is 12.4. The van der Waals surface area contributed by atoms with Crippen LogP contribution in [0, 0.1) is 5.92 Å². The highest BCUT2D eigenvalue weighted by Crippen LogP contribution is 2.32. The van der Waals surface area contributed by atoms with Crippen LogP contribution < -0.4 is 10.7 Å². The molecule has 20 heavy (non-hydrogen) atoms. The Morgan fingerprint density at radius 1 is 1.00 bits per heavy atom. The highest BCUT2D eigenvalue weighted by Gasteiger charge is 2.42. The van der Waals surface area contributed by atoms with Crippen molar-refractivity contribution in [1.82, 2.24) is 20.7 Å². The summed E-state index contributed by atoms with van der Waals surface area (Å²) in [6.07, 6.45) is 8.62. The maximum Gasteiger partial charge on any atom is 0.221 e. The molecule has 0 aromatic heterocycles.